The first kappa shape index (κ1) is 15.4. The van der Waals surface area contributed by atoms with Crippen molar-refractivity contribution in [2.24, 2.45) is 5.92 Å². The second-order valence-corrected chi connectivity index (χ2v) is 6.16. The van der Waals surface area contributed by atoms with Crippen LogP contribution in [0, 0.1) is 5.92 Å². The summed E-state index contributed by atoms with van der Waals surface area (Å²) in [4.78, 5) is 18.9. The molecule has 128 valence electrons. The highest BCUT2D eigenvalue weighted by atomic mass is 16.3. The van der Waals surface area contributed by atoms with Crippen molar-refractivity contribution in [1.29, 1.82) is 0 Å². The van der Waals surface area contributed by atoms with Gasteiger partial charge in [-0.25, -0.2) is 4.98 Å². The molecular formula is C18H19N5O2. The summed E-state index contributed by atoms with van der Waals surface area (Å²) in [6.07, 6.45) is 6.56. The van der Waals surface area contributed by atoms with Gasteiger partial charge < -0.3 is 14.6 Å². The first-order valence-electron chi connectivity index (χ1n) is 8.26. The first-order chi connectivity index (χ1) is 12.3. The number of anilines is 1. The molecule has 1 aliphatic heterocycles. The van der Waals surface area contributed by atoms with Gasteiger partial charge in [0.05, 0.1) is 24.1 Å². The highest BCUT2D eigenvalue weighted by Gasteiger charge is 2.26. The number of carbonyl (C=O) groups is 1. The number of nitrogens with zero attached hydrogens (tertiary/aromatic N) is 4. The van der Waals surface area contributed by atoms with Crippen LogP contribution < -0.4 is 5.32 Å². The number of fused-ring (bicyclic) bond motifs is 1. The summed E-state index contributed by atoms with van der Waals surface area (Å²) in [5, 5.41) is 7.75. The van der Waals surface area contributed by atoms with Crippen LogP contribution in [0.5, 0.6) is 0 Å². The number of amides is 1. The van der Waals surface area contributed by atoms with Gasteiger partial charge in [0.25, 0.3) is 5.91 Å². The fourth-order valence-corrected chi connectivity index (χ4v) is 3.10. The third kappa shape index (κ3) is 3.40. The van der Waals surface area contributed by atoms with Crippen molar-refractivity contribution in [2.45, 2.75) is 13.1 Å². The van der Waals surface area contributed by atoms with E-state index in [1.54, 1.807) is 18.5 Å². The minimum absolute atomic E-state index is 0.0220. The Kier molecular flexibility index (Phi) is 4.20. The zero-order valence-electron chi connectivity index (χ0n) is 13.7. The maximum atomic E-state index is 12.8. The highest BCUT2D eigenvalue weighted by Crippen LogP contribution is 2.19. The molecule has 4 heterocycles. The molecule has 0 aliphatic carbocycles. The molecule has 1 unspecified atom stereocenters. The van der Waals surface area contributed by atoms with Crippen LogP contribution in [0.15, 0.2) is 59.7 Å². The molecule has 7 nitrogen and oxygen atoms in total. The molecule has 1 amide bonds. The Hall–Kier alpha value is -3.09. The Morgan fingerprint density at radius 3 is 3.00 bits per heavy atom. The lowest BCUT2D eigenvalue weighted by molar-refractivity contribution is 0.0723. The van der Waals surface area contributed by atoms with Crippen molar-refractivity contribution in [1.82, 2.24) is 19.7 Å². The monoisotopic (exact) mass is 337 g/mol. The molecule has 4 rings (SSSR count). The van der Waals surface area contributed by atoms with Gasteiger partial charge in [-0.15, -0.1) is 0 Å². The molecule has 0 aromatic carbocycles. The zero-order chi connectivity index (χ0) is 17.1. The summed E-state index contributed by atoms with van der Waals surface area (Å²) in [7, 11) is 0. The Morgan fingerprint density at radius 2 is 2.20 bits per heavy atom. The quantitative estimate of drug-likeness (QED) is 0.790. The standard InChI is InChI=1S/C18H19N5O2/c24-18(15-5-8-25-13-15)22-10-14(9-20-17-3-1-2-6-19-17)11-23-16(12-22)4-7-21-23/h1-8,13-14H,9-12H2,(H,19,20). The normalized spacial score (nSPS) is 17.0. The molecule has 3 aromatic rings. The fraction of sp³-hybridized carbons (Fsp3) is 0.278. The van der Waals surface area contributed by atoms with Crippen molar-refractivity contribution in [3.8, 4) is 0 Å². The molecule has 0 saturated carbocycles. The SMILES string of the molecule is O=C(c1ccoc1)N1Cc2ccnn2CC(CNc2ccccn2)C1. The Balaban J connectivity index is 1.52. The van der Waals surface area contributed by atoms with Gasteiger partial charge in [-0.2, -0.15) is 5.10 Å². The lowest BCUT2D eigenvalue weighted by Crippen LogP contribution is -2.36. The summed E-state index contributed by atoms with van der Waals surface area (Å²) >= 11 is 0. The lowest BCUT2D eigenvalue weighted by Gasteiger charge is -2.24. The van der Waals surface area contributed by atoms with Gasteiger partial charge in [0.15, 0.2) is 0 Å². The molecule has 1 atom stereocenters. The van der Waals surface area contributed by atoms with Gasteiger partial charge >= 0.3 is 0 Å². The molecule has 1 N–H and O–H groups in total. The second kappa shape index (κ2) is 6.80. The predicted molar refractivity (Wildman–Crippen MR) is 91.9 cm³/mol. The van der Waals surface area contributed by atoms with Crippen molar-refractivity contribution in [3.63, 3.8) is 0 Å². The number of nitrogens with one attached hydrogen (secondary N) is 1. The number of aromatic nitrogens is 3. The van der Waals surface area contributed by atoms with Crippen molar-refractivity contribution < 1.29 is 9.21 Å². The summed E-state index contributed by atoms with van der Waals surface area (Å²) in [5.41, 5.74) is 1.61. The number of hydrogen-bond acceptors (Lipinski definition) is 5. The van der Waals surface area contributed by atoms with E-state index < -0.39 is 0 Å². The third-order valence-electron chi connectivity index (χ3n) is 4.36. The Labute approximate surface area is 145 Å². The number of carbonyl (C=O) groups excluding carboxylic acids is 1. The van der Waals surface area contributed by atoms with E-state index in [0.717, 1.165) is 18.1 Å². The average Bonchev–Trinajstić information content (AvgIpc) is 3.29. The number of rotatable bonds is 4. The number of pyridine rings is 1. The molecule has 1 aliphatic rings. The number of furan rings is 1. The molecular weight excluding hydrogens is 318 g/mol. The van der Waals surface area contributed by atoms with Gasteiger partial charge in [-0.05, 0) is 24.3 Å². The third-order valence-corrected chi connectivity index (χ3v) is 4.36. The van der Waals surface area contributed by atoms with Gasteiger partial charge in [0, 0.05) is 37.9 Å². The first-order valence-corrected chi connectivity index (χ1v) is 8.26. The van der Waals surface area contributed by atoms with E-state index in [2.05, 4.69) is 15.4 Å². The fourth-order valence-electron chi connectivity index (χ4n) is 3.10. The Morgan fingerprint density at radius 1 is 1.24 bits per heavy atom. The van der Waals surface area contributed by atoms with Crippen molar-refractivity contribution in [2.75, 3.05) is 18.4 Å². The lowest BCUT2D eigenvalue weighted by atomic mass is 10.1. The second-order valence-electron chi connectivity index (χ2n) is 6.16. The van der Waals surface area contributed by atoms with E-state index in [-0.39, 0.29) is 11.8 Å². The minimum Gasteiger partial charge on any atom is -0.472 e. The largest absolute Gasteiger partial charge is 0.472 e. The molecule has 25 heavy (non-hydrogen) atoms. The van der Waals surface area contributed by atoms with Crippen LogP contribution in [0.4, 0.5) is 5.82 Å². The predicted octanol–water partition coefficient (Wildman–Crippen LogP) is 2.26. The van der Waals surface area contributed by atoms with Crippen LogP contribution in [0.1, 0.15) is 16.1 Å². The van der Waals surface area contributed by atoms with Crippen LogP contribution in [0.3, 0.4) is 0 Å². The average molecular weight is 337 g/mol. The molecule has 0 fully saturated rings. The van der Waals surface area contributed by atoms with E-state index >= 15 is 0 Å². The highest BCUT2D eigenvalue weighted by molar-refractivity contribution is 5.93. The molecule has 0 radical (unpaired) electrons. The van der Waals surface area contributed by atoms with Crippen molar-refractivity contribution in [3.05, 3.63) is 66.5 Å². The van der Waals surface area contributed by atoms with Crippen LogP contribution in [-0.2, 0) is 13.1 Å². The van der Waals surface area contributed by atoms with Gasteiger partial charge in [0.2, 0.25) is 0 Å². The zero-order valence-corrected chi connectivity index (χ0v) is 13.7. The molecule has 7 heteroatoms. The molecule has 0 saturated heterocycles. The van der Waals surface area contributed by atoms with E-state index in [4.69, 9.17) is 4.42 Å². The maximum absolute atomic E-state index is 12.8. The molecule has 3 aromatic heterocycles. The van der Waals surface area contributed by atoms with E-state index in [9.17, 15) is 4.79 Å². The van der Waals surface area contributed by atoms with Crippen LogP contribution >= 0.6 is 0 Å². The summed E-state index contributed by atoms with van der Waals surface area (Å²) < 4.78 is 7.04. The topological polar surface area (TPSA) is 76.2 Å². The summed E-state index contributed by atoms with van der Waals surface area (Å²) in [6, 6.07) is 9.43. The summed E-state index contributed by atoms with van der Waals surface area (Å²) in [6.45, 7) is 2.67. The smallest absolute Gasteiger partial charge is 0.257 e. The Bertz CT molecular complexity index is 828. The van der Waals surface area contributed by atoms with Gasteiger partial charge in [0.1, 0.15) is 12.1 Å². The molecule has 0 bridgehead atoms. The summed E-state index contributed by atoms with van der Waals surface area (Å²) in [5.74, 6) is 1.03. The van der Waals surface area contributed by atoms with Crippen LogP contribution in [-0.4, -0.2) is 38.7 Å². The van der Waals surface area contributed by atoms with Crippen molar-refractivity contribution >= 4 is 11.7 Å². The van der Waals surface area contributed by atoms with E-state index in [0.29, 0.717) is 25.2 Å². The van der Waals surface area contributed by atoms with Gasteiger partial charge in [-0.1, -0.05) is 6.07 Å². The van der Waals surface area contributed by atoms with Crippen LogP contribution in [0.25, 0.3) is 0 Å². The molecule has 0 spiro atoms. The van der Waals surface area contributed by atoms with Crippen LogP contribution in [0.2, 0.25) is 0 Å². The maximum Gasteiger partial charge on any atom is 0.257 e. The van der Waals surface area contributed by atoms with E-state index in [1.807, 2.05) is 33.8 Å². The van der Waals surface area contributed by atoms with E-state index in [1.165, 1.54) is 12.5 Å². The minimum atomic E-state index is -0.0220. The van der Waals surface area contributed by atoms with Gasteiger partial charge in [-0.3, -0.25) is 9.48 Å². The number of hydrogen-bond donors (Lipinski definition) is 1.